The molecule has 2 saturated heterocycles. The third-order valence-corrected chi connectivity index (χ3v) is 11.6. The third kappa shape index (κ3) is 8.83. The number of carbonyl (C=O) groups is 2. The Labute approximate surface area is 315 Å². The van der Waals surface area contributed by atoms with Crippen molar-refractivity contribution in [3.05, 3.63) is 83.0 Å². The van der Waals surface area contributed by atoms with E-state index in [9.17, 15) is 18.0 Å². The first kappa shape index (κ1) is 37.8. The molecule has 1 aromatic heterocycles. The molecule has 6 rings (SSSR count). The Balaban J connectivity index is 1.16. The van der Waals surface area contributed by atoms with Crippen LogP contribution in [0.15, 0.2) is 71.8 Å². The van der Waals surface area contributed by atoms with Gasteiger partial charge >= 0.3 is 6.03 Å². The fourth-order valence-corrected chi connectivity index (χ4v) is 7.68. The number of ether oxygens (including phenoxy) is 1. The van der Waals surface area contributed by atoms with Gasteiger partial charge in [0.05, 0.1) is 33.8 Å². The Morgan fingerprint density at radius 1 is 0.925 bits per heavy atom. The summed E-state index contributed by atoms with van der Waals surface area (Å²) in [5.41, 5.74) is 5.06. The molecule has 2 aliphatic heterocycles. The zero-order valence-corrected chi connectivity index (χ0v) is 32.1. The molecule has 0 atom stereocenters. The van der Waals surface area contributed by atoms with Crippen LogP contribution in [0.5, 0.6) is 5.75 Å². The largest absolute Gasteiger partial charge is 0.489 e. The summed E-state index contributed by atoms with van der Waals surface area (Å²) in [6.45, 7) is 13.7. The van der Waals surface area contributed by atoms with E-state index in [-0.39, 0.29) is 46.1 Å². The zero-order chi connectivity index (χ0) is 37.9. The minimum atomic E-state index is -3.57. The molecule has 0 saturated carbocycles. The van der Waals surface area contributed by atoms with Gasteiger partial charge in [0.1, 0.15) is 10.8 Å². The molecule has 280 valence electrons. The van der Waals surface area contributed by atoms with E-state index >= 15 is 0 Å². The summed E-state index contributed by atoms with van der Waals surface area (Å²) in [7, 11) is -3.57. The van der Waals surface area contributed by atoms with Crippen molar-refractivity contribution in [2.45, 2.75) is 63.8 Å². The standard InChI is InChI=1S/C38H45ClN8O5S/c1-24(2)52-33-21-32(46-17-15-45(16-18-46)23-27-9-8-10-28(20-27)47-14-13-35(48)43-38(47)49)26(5)19-31(33)42-37-40-22-29(39)36(44-37)41-30-11-6-7-12-34(30)53(50,51)25(3)4/h6-12,19-22,24-25H,13-18,23H2,1-5H3,(H,43,48,49)(H2,40,41,42,44). The molecule has 0 bridgehead atoms. The molecular formula is C38H45ClN8O5S. The molecule has 53 heavy (non-hydrogen) atoms. The highest BCUT2D eigenvalue weighted by Crippen LogP contribution is 2.37. The van der Waals surface area contributed by atoms with Gasteiger partial charge in [-0.25, -0.2) is 18.2 Å². The summed E-state index contributed by atoms with van der Waals surface area (Å²) >= 11 is 6.49. The van der Waals surface area contributed by atoms with E-state index < -0.39 is 15.1 Å². The maximum Gasteiger partial charge on any atom is 0.328 e. The first-order valence-corrected chi connectivity index (χ1v) is 19.6. The van der Waals surface area contributed by atoms with E-state index in [0.29, 0.717) is 23.7 Å². The van der Waals surface area contributed by atoms with Gasteiger partial charge in [0.25, 0.3) is 0 Å². The number of hydrogen-bond acceptors (Lipinski definition) is 11. The highest BCUT2D eigenvalue weighted by Gasteiger charge is 2.26. The van der Waals surface area contributed by atoms with E-state index in [4.69, 9.17) is 16.3 Å². The minimum absolute atomic E-state index is 0.0991. The van der Waals surface area contributed by atoms with Gasteiger partial charge in [-0.05, 0) is 76.1 Å². The van der Waals surface area contributed by atoms with Crippen molar-refractivity contribution in [1.82, 2.24) is 20.2 Å². The molecule has 13 nitrogen and oxygen atoms in total. The normalized spacial score (nSPS) is 15.5. The average Bonchev–Trinajstić information content (AvgIpc) is 3.11. The van der Waals surface area contributed by atoms with Gasteiger partial charge in [-0.1, -0.05) is 35.9 Å². The summed E-state index contributed by atoms with van der Waals surface area (Å²) in [4.78, 5) is 39.5. The average molecular weight is 761 g/mol. The van der Waals surface area contributed by atoms with Gasteiger partial charge in [0, 0.05) is 63.1 Å². The van der Waals surface area contributed by atoms with E-state index in [1.165, 1.54) is 6.20 Å². The number of sulfone groups is 1. The van der Waals surface area contributed by atoms with Crippen LogP contribution in [0.25, 0.3) is 0 Å². The first-order chi connectivity index (χ1) is 25.3. The van der Waals surface area contributed by atoms with Crippen molar-refractivity contribution < 1.29 is 22.7 Å². The second-order valence-corrected chi connectivity index (χ2v) is 16.6. The van der Waals surface area contributed by atoms with Crippen LogP contribution in [0.2, 0.25) is 5.02 Å². The van der Waals surface area contributed by atoms with Crippen LogP contribution in [0, 0.1) is 6.92 Å². The van der Waals surface area contributed by atoms with E-state index in [1.54, 1.807) is 43.0 Å². The lowest BCUT2D eigenvalue weighted by Crippen LogP contribution is -2.49. The van der Waals surface area contributed by atoms with Crippen molar-refractivity contribution in [1.29, 1.82) is 0 Å². The Hall–Kier alpha value is -4.92. The molecule has 3 heterocycles. The molecule has 0 unspecified atom stereocenters. The molecule has 2 fully saturated rings. The lowest BCUT2D eigenvalue weighted by Gasteiger charge is -2.37. The Kier molecular flexibility index (Phi) is 11.4. The van der Waals surface area contributed by atoms with Gasteiger partial charge in [0.15, 0.2) is 15.7 Å². The summed E-state index contributed by atoms with van der Waals surface area (Å²) in [6, 6.07) is 18.3. The number of carbonyl (C=O) groups excluding carboxylic acids is 2. The number of anilines is 6. The number of nitrogens with one attached hydrogen (secondary N) is 3. The Morgan fingerprint density at radius 3 is 2.40 bits per heavy atom. The van der Waals surface area contributed by atoms with Crippen LogP contribution in [0.4, 0.5) is 39.3 Å². The number of aromatic nitrogens is 2. The predicted octanol–water partition coefficient (Wildman–Crippen LogP) is 6.66. The van der Waals surface area contributed by atoms with Crippen molar-refractivity contribution in [3.8, 4) is 5.75 Å². The minimum Gasteiger partial charge on any atom is -0.489 e. The van der Waals surface area contributed by atoms with Crippen molar-refractivity contribution in [3.63, 3.8) is 0 Å². The molecule has 3 N–H and O–H groups in total. The number of rotatable bonds is 12. The van der Waals surface area contributed by atoms with E-state index in [0.717, 1.165) is 55.2 Å². The number of nitrogens with zero attached hydrogens (tertiary/aromatic N) is 5. The number of benzene rings is 3. The molecular weight excluding hydrogens is 716 g/mol. The molecule has 0 spiro atoms. The maximum absolute atomic E-state index is 13.0. The highest BCUT2D eigenvalue weighted by molar-refractivity contribution is 7.92. The van der Waals surface area contributed by atoms with Crippen LogP contribution < -0.4 is 30.5 Å². The molecule has 15 heteroatoms. The van der Waals surface area contributed by atoms with Gasteiger partial charge in [-0.2, -0.15) is 4.98 Å². The summed E-state index contributed by atoms with van der Waals surface area (Å²) < 4.78 is 32.4. The highest BCUT2D eigenvalue weighted by atomic mass is 35.5. The smallest absolute Gasteiger partial charge is 0.328 e. The van der Waals surface area contributed by atoms with Crippen molar-refractivity contribution in [2.75, 3.05) is 53.2 Å². The molecule has 2 aliphatic rings. The third-order valence-electron chi connectivity index (χ3n) is 9.11. The summed E-state index contributed by atoms with van der Waals surface area (Å²) in [5, 5.41) is 8.42. The predicted molar refractivity (Wildman–Crippen MR) is 209 cm³/mol. The lowest BCUT2D eigenvalue weighted by molar-refractivity contribution is -0.120. The van der Waals surface area contributed by atoms with Crippen LogP contribution in [-0.2, 0) is 21.2 Å². The second kappa shape index (κ2) is 16.0. The van der Waals surface area contributed by atoms with Crippen molar-refractivity contribution in [2.24, 2.45) is 0 Å². The molecule has 0 radical (unpaired) electrons. The molecule has 0 aliphatic carbocycles. The number of aryl methyl sites for hydroxylation is 1. The monoisotopic (exact) mass is 760 g/mol. The summed E-state index contributed by atoms with van der Waals surface area (Å²) in [6.07, 6.45) is 1.65. The van der Waals surface area contributed by atoms with Gasteiger partial charge in [-0.3, -0.25) is 19.9 Å². The fourth-order valence-electron chi connectivity index (χ4n) is 6.34. The van der Waals surface area contributed by atoms with Crippen molar-refractivity contribution >= 4 is 67.9 Å². The van der Waals surface area contributed by atoms with E-state index in [2.05, 4.69) is 48.7 Å². The Morgan fingerprint density at radius 2 is 1.68 bits per heavy atom. The first-order valence-electron chi connectivity index (χ1n) is 17.7. The van der Waals surface area contributed by atoms with E-state index in [1.807, 2.05) is 44.2 Å². The quantitative estimate of drug-likeness (QED) is 0.142. The number of amides is 3. The van der Waals surface area contributed by atoms with Crippen LogP contribution in [0.1, 0.15) is 45.2 Å². The number of halogens is 1. The lowest BCUT2D eigenvalue weighted by atomic mass is 10.1. The van der Waals surface area contributed by atoms with Gasteiger partial charge in [0.2, 0.25) is 11.9 Å². The topological polar surface area (TPSA) is 149 Å². The number of urea groups is 1. The number of imide groups is 1. The van der Waals surface area contributed by atoms with Crippen LogP contribution in [-0.4, -0.2) is 79.3 Å². The molecule has 3 aromatic carbocycles. The SMILES string of the molecule is Cc1cc(Nc2ncc(Cl)c(Nc3ccccc3S(=O)(=O)C(C)C)n2)c(OC(C)C)cc1N1CCN(Cc2cccc(N3CCC(=O)NC3=O)c2)CC1. The van der Waals surface area contributed by atoms with Gasteiger partial charge in [-0.15, -0.1) is 0 Å². The van der Waals surface area contributed by atoms with Crippen LogP contribution in [0.3, 0.4) is 0 Å². The molecule has 4 aromatic rings. The van der Waals surface area contributed by atoms with Crippen LogP contribution >= 0.6 is 11.6 Å². The number of para-hydroxylation sites is 1. The number of hydrogen-bond donors (Lipinski definition) is 3. The number of piperazine rings is 1. The zero-order valence-electron chi connectivity index (χ0n) is 30.5. The molecule has 3 amide bonds. The second-order valence-electron chi connectivity index (χ2n) is 13.7. The van der Waals surface area contributed by atoms with Gasteiger partial charge < -0.3 is 20.3 Å². The summed E-state index contributed by atoms with van der Waals surface area (Å²) in [5.74, 6) is 0.913. The Bertz CT molecular complexity index is 2100. The maximum atomic E-state index is 13.0. The fraction of sp³-hybridized carbons (Fsp3) is 0.368.